The van der Waals surface area contributed by atoms with E-state index in [4.69, 9.17) is 0 Å². The van der Waals surface area contributed by atoms with Gasteiger partial charge in [0.15, 0.2) is 0 Å². The fourth-order valence-electron chi connectivity index (χ4n) is 1.95. The summed E-state index contributed by atoms with van der Waals surface area (Å²) in [7, 11) is 0. The molecule has 0 unspecified atom stereocenters. The number of anilines is 1. The van der Waals surface area contributed by atoms with E-state index in [1.807, 2.05) is 6.92 Å². The lowest BCUT2D eigenvalue weighted by atomic mass is 10.1. The Morgan fingerprint density at radius 2 is 2.00 bits per heavy atom. The lowest BCUT2D eigenvalue weighted by molar-refractivity contribution is -0.384. The molecule has 0 aliphatic rings. The van der Waals surface area contributed by atoms with E-state index in [0.29, 0.717) is 24.2 Å². The van der Waals surface area contributed by atoms with Crippen molar-refractivity contribution in [3.8, 4) is 0 Å². The Morgan fingerprint density at radius 1 is 1.25 bits per heavy atom. The van der Waals surface area contributed by atoms with Gasteiger partial charge in [0.25, 0.3) is 5.69 Å². The van der Waals surface area contributed by atoms with Gasteiger partial charge < -0.3 is 5.32 Å². The summed E-state index contributed by atoms with van der Waals surface area (Å²) < 4.78 is 13.4. The largest absolute Gasteiger partial charge is 0.384 e. The molecule has 2 aromatic rings. The van der Waals surface area contributed by atoms with Crippen LogP contribution in [0.4, 0.5) is 15.8 Å². The Bertz CT molecular complexity index is 629. The van der Waals surface area contributed by atoms with Gasteiger partial charge in [0.1, 0.15) is 5.82 Å². The molecule has 0 fully saturated rings. The average Bonchev–Trinajstić information content (AvgIpc) is 2.42. The first-order valence-corrected chi connectivity index (χ1v) is 6.30. The summed E-state index contributed by atoms with van der Waals surface area (Å²) in [5.74, 6) is -0.231. The number of non-ortho nitro benzene ring substituents is 1. The zero-order valence-corrected chi connectivity index (χ0v) is 11.1. The quantitative estimate of drug-likeness (QED) is 0.668. The molecule has 2 rings (SSSR count). The molecule has 0 heterocycles. The molecule has 0 amide bonds. The van der Waals surface area contributed by atoms with Gasteiger partial charge in [0.05, 0.1) is 4.92 Å². The Balaban J connectivity index is 2.02. The second-order valence-electron chi connectivity index (χ2n) is 4.52. The molecular formula is C15H15FN2O2. The molecule has 2 aromatic carbocycles. The molecule has 0 bridgehead atoms. The molecule has 0 saturated carbocycles. The Kier molecular flexibility index (Phi) is 4.30. The Morgan fingerprint density at radius 3 is 2.70 bits per heavy atom. The zero-order valence-electron chi connectivity index (χ0n) is 11.1. The number of hydrogen-bond acceptors (Lipinski definition) is 3. The van der Waals surface area contributed by atoms with Crippen molar-refractivity contribution in [2.24, 2.45) is 0 Å². The first-order valence-electron chi connectivity index (χ1n) is 6.30. The van der Waals surface area contributed by atoms with Gasteiger partial charge in [0.2, 0.25) is 0 Å². The van der Waals surface area contributed by atoms with Crippen molar-refractivity contribution in [2.75, 3.05) is 11.9 Å². The van der Waals surface area contributed by atoms with E-state index in [-0.39, 0.29) is 11.5 Å². The molecule has 0 spiro atoms. The van der Waals surface area contributed by atoms with Crippen LogP contribution in [0.25, 0.3) is 0 Å². The SMILES string of the molecule is Cc1ccc([N+](=O)[O-])cc1NCCc1ccccc1F. The standard InChI is InChI=1S/C15H15FN2O2/c1-11-6-7-13(18(19)20)10-15(11)17-9-8-12-4-2-3-5-14(12)16/h2-7,10,17H,8-9H2,1H3. The third-order valence-corrected chi connectivity index (χ3v) is 3.10. The van der Waals surface area contributed by atoms with E-state index < -0.39 is 4.92 Å². The van der Waals surface area contributed by atoms with Crippen LogP contribution in [0, 0.1) is 22.9 Å². The normalized spacial score (nSPS) is 10.3. The van der Waals surface area contributed by atoms with Crippen molar-refractivity contribution in [1.82, 2.24) is 0 Å². The van der Waals surface area contributed by atoms with E-state index in [1.165, 1.54) is 18.2 Å². The van der Waals surface area contributed by atoms with Gasteiger partial charge in [0, 0.05) is 24.4 Å². The summed E-state index contributed by atoms with van der Waals surface area (Å²) >= 11 is 0. The summed E-state index contributed by atoms with van der Waals surface area (Å²) in [6.45, 7) is 2.39. The Labute approximate surface area is 116 Å². The van der Waals surface area contributed by atoms with E-state index >= 15 is 0 Å². The van der Waals surface area contributed by atoms with Crippen LogP contribution in [0.15, 0.2) is 42.5 Å². The van der Waals surface area contributed by atoms with Crippen LogP contribution in [0.5, 0.6) is 0 Å². The highest BCUT2D eigenvalue weighted by Crippen LogP contribution is 2.21. The first kappa shape index (κ1) is 14.0. The van der Waals surface area contributed by atoms with Crippen LogP contribution < -0.4 is 5.32 Å². The minimum absolute atomic E-state index is 0.0454. The lowest BCUT2D eigenvalue weighted by Gasteiger charge is -2.09. The van der Waals surface area contributed by atoms with Crippen LogP contribution in [0.3, 0.4) is 0 Å². The molecule has 0 atom stereocenters. The number of nitrogens with zero attached hydrogens (tertiary/aromatic N) is 1. The topological polar surface area (TPSA) is 55.2 Å². The summed E-state index contributed by atoms with van der Waals surface area (Å²) in [5.41, 5.74) is 2.30. The smallest absolute Gasteiger partial charge is 0.271 e. The highest BCUT2D eigenvalue weighted by atomic mass is 19.1. The first-order chi connectivity index (χ1) is 9.58. The van der Waals surface area contributed by atoms with Crippen LogP contribution in [0.2, 0.25) is 0 Å². The highest BCUT2D eigenvalue weighted by molar-refractivity contribution is 5.56. The van der Waals surface area contributed by atoms with E-state index in [1.54, 1.807) is 24.3 Å². The van der Waals surface area contributed by atoms with E-state index in [0.717, 1.165) is 5.56 Å². The molecule has 0 saturated heterocycles. The maximum absolute atomic E-state index is 13.4. The Hall–Kier alpha value is -2.43. The number of rotatable bonds is 5. The molecule has 104 valence electrons. The van der Waals surface area contributed by atoms with Crippen molar-refractivity contribution in [1.29, 1.82) is 0 Å². The maximum atomic E-state index is 13.4. The minimum atomic E-state index is -0.429. The summed E-state index contributed by atoms with van der Waals surface area (Å²) in [4.78, 5) is 10.3. The fraction of sp³-hybridized carbons (Fsp3) is 0.200. The minimum Gasteiger partial charge on any atom is -0.384 e. The van der Waals surface area contributed by atoms with Gasteiger partial charge in [-0.3, -0.25) is 10.1 Å². The van der Waals surface area contributed by atoms with Crippen LogP contribution >= 0.6 is 0 Å². The van der Waals surface area contributed by atoms with Crippen molar-refractivity contribution in [3.05, 3.63) is 69.5 Å². The number of halogens is 1. The number of aryl methyl sites for hydroxylation is 1. The van der Waals surface area contributed by atoms with Gasteiger partial charge in [-0.15, -0.1) is 0 Å². The number of nitrogens with one attached hydrogen (secondary N) is 1. The number of benzene rings is 2. The molecule has 0 aliphatic heterocycles. The molecule has 1 N–H and O–H groups in total. The van der Waals surface area contributed by atoms with Crippen molar-refractivity contribution in [3.63, 3.8) is 0 Å². The van der Waals surface area contributed by atoms with Gasteiger partial charge in [-0.1, -0.05) is 24.3 Å². The zero-order chi connectivity index (χ0) is 14.5. The van der Waals surface area contributed by atoms with Crippen LogP contribution in [-0.2, 0) is 6.42 Å². The summed E-state index contributed by atoms with van der Waals surface area (Å²) in [5, 5.41) is 13.8. The summed E-state index contributed by atoms with van der Waals surface area (Å²) in [6, 6.07) is 11.3. The van der Waals surface area contributed by atoms with E-state index in [2.05, 4.69) is 5.32 Å². The third kappa shape index (κ3) is 3.32. The van der Waals surface area contributed by atoms with Gasteiger partial charge >= 0.3 is 0 Å². The number of hydrogen-bond donors (Lipinski definition) is 1. The van der Waals surface area contributed by atoms with Crippen molar-refractivity contribution in [2.45, 2.75) is 13.3 Å². The number of nitro benzene ring substituents is 1. The molecule has 5 heteroatoms. The molecule has 0 aliphatic carbocycles. The average molecular weight is 274 g/mol. The highest BCUT2D eigenvalue weighted by Gasteiger charge is 2.08. The third-order valence-electron chi connectivity index (χ3n) is 3.10. The number of nitro groups is 1. The fourth-order valence-corrected chi connectivity index (χ4v) is 1.95. The molecule has 4 nitrogen and oxygen atoms in total. The molecule has 20 heavy (non-hydrogen) atoms. The van der Waals surface area contributed by atoms with Crippen LogP contribution in [-0.4, -0.2) is 11.5 Å². The predicted molar refractivity (Wildman–Crippen MR) is 76.4 cm³/mol. The second kappa shape index (κ2) is 6.14. The van der Waals surface area contributed by atoms with Gasteiger partial charge in [-0.2, -0.15) is 0 Å². The second-order valence-corrected chi connectivity index (χ2v) is 4.52. The maximum Gasteiger partial charge on any atom is 0.271 e. The molecular weight excluding hydrogens is 259 g/mol. The van der Waals surface area contributed by atoms with E-state index in [9.17, 15) is 14.5 Å². The summed E-state index contributed by atoms with van der Waals surface area (Å²) in [6.07, 6.45) is 0.523. The van der Waals surface area contributed by atoms with Gasteiger partial charge in [-0.25, -0.2) is 4.39 Å². The van der Waals surface area contributed by atoms with Gasteiger partial charge in [-0.05, 0) is 30.5 Å². The van der Waals surface area contributed by atoms with Crippen molar-refractivity contribution < 1.29 is 9.31 Å². The van der Waals surface area contributed by atoms with Crippen molar-refractivity contribution >= 4 is 11.4 Å². The molecule has 0 aromatic heterocycles. The molecule has 0 radical (unpaired) electrons. The lowest BCUT2D eigenvalue weighted by Crippen LogP contribution is -2.07. The predicted octanol–water partition coefficient (Wildman–Crippen LogP) is 3.70. The monoisotopic (exact) mass is 274 g/mol. The van der Waals surface area contributed by atoms with Crippen LogP contribution in [0.1, 0.15) is 11.1 Å².